The number of aromatic nitrogens is 2. The first-order valence-corrected chi connectivity index (χ1v) is 13.0. The highest BCUT2D eigenvalue weighted by molar-refractivity contribution is 9.10. The summed E-state index contributed by atoms with van der Waals surface area (Å²) in [6, 6.07) is 13.9. The lowest BCUT2D eigenvalue weighted by atomic mass is 9.89. The van der Waals surface area contributed by atoms with Crippen molar-refractivity contribution in [1.82, 2.24) is 9.97 Å². The number of rotatable bonds is 5. The van der Waals surface area contributed by atoms with Crippen LogP contribution in [0.3, 0.4) is 0 Å². The minimum absolute atomic E-state index is 0.152. The number of anilines is 1. The van der Waals surface area contributed by atoms with Gasteiger partial charge in [-0.05, 0) is 66.6 Å². The number of amides is 1. The first kappa shape index (κ1) is 21.4. The van der Waals surface area contributed by atoms with Crippen molar-refractivity contribution in [2.75, 3.05) is 11.1 Å². The van der Waals surface area contributed by atoms with E-state index < -0.39 is 0 Å². The van der Waals surface area contributed by atoms with Crippen molar-refractivity contribution in [3.05, 3.63) is 73.8 Å². The van der Waals surface area contributed by atoms with Gasteiger partial charge in [0.2, 0.25) is 5.91 Å². The van der Waals surface area contributed by atoms with Crippen molar-refractivity contribution in [1.29, 1.82) is 0 Å². The van der Waals surface area contributed by atoms with Crippen LogP contribution in [0.1, 0.15) is 24.0 Å². The molecule has 2 aromatic heterocycles. The van der Waals surface area contributed by atoms with Gasteiger partial charge in [-0.3, -0.25) is 9.59 Å². The molecule has 8 heteroatoms. The first-order valence-electron chi connectivity index (χ1n) is 10.4. The summed E-state index contributed by atoms with van der Waals surface area (Å²) in [7, 11) is 0. The highest BCUT2D eigenvalue weighted by Crippen LogP contribution is 2.34. The molecular formula is C24H20BrN3O2S2. The fraction of sp³-hybridized carbons (Fsp3) is 0.208. The lowest BCUT2D eigenvalue weighted by Crippen LogP contribution is -2.15. The van der Waals surface area contributed by atoms with Crippen LogP contribution in [0.25, 0.3) is 21.3 Å². The van der Waals surface area contributed by atoms with E-state index in [2.05, 4.69) is 49.4 Å². The lowest BCUT2D eigenvalue weighted by Gasteiger charge is -2.16. The van der Waals surface area contributed by atoms with Crippen molar-refractivity contribution in [2.24, 2.45) is 0 Å². The molecule has 162 valence electrons. The molecule has 0 unspecified atom stereocenters. The molecule has 2 heterocycles. The predicted octanol–water partition coefficient (Wildman–Crippen LogP) is 6.02. The largest absolute Gasteiger partial charge is 0.325 e. The second kappa shape index (κ2) is 9.21. The summed E-state index contributed by atoms with van der Waals surface area (Å²) in [5.74, 6) is 0.00843. The van der Waals surface area contributed by atoms with Gasteiger partial charge in [0.05, 0.1) is 11.1 Å². The quantitative estimate of drug-likeness (QED) is 0.246. The summed E-state index contributed by atoms with van der Waals surface area (Å²) in [5.41, 5.74) is 5.37. The molecule has 0 aliphatic heterocycles. The molecule has 5 rings (SSSR count). The Kier molecular flexibility index (Phi) is 6.17. The number of aromatic amines is 1. The van der Waals surface area contributed by atoms with Gasteiger partial charge in [0.15, 0.2) is 5.16 Å². The number of nitrogens with zero attached hydrogens (tertiary/aromatic N) is 1. The standard InChI is InChI=1S/C24H20BrN3O2S2/c25-17-7-9-18(10-8-17)26-20(29)13-32-24-27-22(30)21-19(12-31-23(21)28-24)16-6-5-14-3-1-2-4-15(14)11-16/h5-12H,1-4,13H2,(H,26,29)(H,27,28,30). The molecule has 0 saturated carbocycles. The van der Waals surface area contributed by atoms with E-state index >= 15 is 0 Å². The molecule has 32 heavy (non-hydrogen) atoms. The number of carbonyl (C=O) groups is 1. The van der Waals surface area contributed by atoms with E-state index in [0.29, 0.717) is 15.4 Å². The van der Waals surface area contributed by atoms with Crippen LogP contribution >= 0.6 is 39.0 Å². The highest BCUT2D eigenvalue weighted by Gasteiger charge is 2.16. The second-order valence-electron chi connectivity index (χ2n) is 7.73. The molecule has 0 atom stereocenters. The van der Waals surface area contributed by atoms with Gasteiger partial charge in [-0.1, -0.05) is 45.9 Å². The van der Waals surface area contributed by atoms with E-state index in [1.165, 1.54) is 47.1 Å². The normalized spacial score (nSPS) is 13.2. The van der Waals surface area contributed by atoms with Crippen LogP contribution < -0.4 is 10.9 Å². The fourth-order valence-electron chi connectivity index (χ4n) is 3.98. The van der Waals surface area contributed by atoms with E-state index in [4.69, 9.17) is 0 Å². The van der Waals surface area contributed by atoms with Gasteiger partial charge in [-0.15, -0.1) is 11.3 Å². The number of carbonyl (C=O) groups excluding carboxylic acids is 1. The van der Waals surface area contributed by atoms with E-state index in [0.717, 1.165) is 34.1 Å². The molecule has 1 aliphatic carbocycles. The van der Waals surface area contributed by atoms with Crippen LogP contribution in [-0.2, 0) is 17.6 Å². The molecule has 0 fully saturated rings. The maximum atomic E-state index is 12.9. The molecule has 0 spiro atoms. The fourth-order valence-corrected chi connectivity index (χ4v) is 5.91. The molecule has 1 aliphatic rings. The van der Waals surface area contributed by atoms with Crippen molar-refractivity contribution in [2.45, 2.75) is 30.8 Å². The molecule has 5 nitrogen and oxygen atoms in total. The maximum Gasteiger partial charge on any atom is 0.260 e. The third-order valence-electron chi connectivity index (χ3n) is 5.55. The molecule has 2 N–H and O–H groups in total. The Morgan fingerprint density at radius 1 is 1.12 bits per heavy atom. The van der Waals surface area contributed by atoms with Gasteiger partial charge in [0.25, 0.3) is 5.56 Å². The summed E-state index contributed by atoms with van der Waals surface area (Å²) >= 11 is 6.06. The van der Waals surface area contributed by atoms with Gasteiger partial charge in [-0.2, -0.15) is 0 Å². The second-order valence-corrected chi connectivity index (χ2v) is 10.5. The van der Waals surface area contributed by atoms with Crippen molar-refractivity contribution < 1.29 is 4.79 Å². The molecule has 1 amide bonds. The summed E-state index contributed by atoms with van der Waals surface area (Å²) < 4.78 is 0.950. The number of thiophene rings is 1. The molecule has 0 saturated heterocycles. The number of thioether (sulfide) groups is 1. The minimum Gasteiger partial charge on any atom is -0.325 e. The highest BCUT2D eigenvalue weighted by atomic mass is 79.9. The number of halogens is 1. The Morgan fingerprint density at radius 3 is 2.72 bits per heavy atom. The number of benzene rings is 2. The van der Waals surface area contributed by atoms with Gasteiger partial charge in [-0.25, -0.2) is 4.98 Å². The lowest BCUT2D eigenvalue weighted by molar-refractivity contribution is -0.113. The van der Waals surface area contributed by atoms with Crippen LogP contribution in [0.4, 0.5) is 5.69 Å². The Hall–Kier alpha value is -2.42. The van der Waals surface area contributed by atoms with Crippen molar-refractivity contribution in [3.63, 3.8) is 0 Å². The van der Waals surface area contributed by atoms with Gasteiger partial charge in [0.1, 0.15) is 4.83 Å². The third-order valence-corrected chi connectivity index (χ3v) is 7.82. The van der Waals surface area contributed by atoms with Crippen LogP contribution in [-0.4, -0.2) is 21.6 Å². The predicted molar refractivity (Wildman–Crippen MR) is 136 cm³/mol. The number of fused-ring (bicyclic) bond motifs is 2. The molecule has 0 bridgehead atoms. The average Bonchev–Trinajstić information content (AvgIpc) is 3.24. The van der Waals surface area contributed by atoms with Crippen LogP contribution in [0.2, 0.25) is 0 Å². The van der Waals surface area contributed by atoms with Crippen LogP contribution in [0, 0.1) is 0 Å². The van der Waals surface area contributed by atoms with E-state index in [-0.39, 0.29) is 17.2 Å². The van der Waals surface area contributed by atoms with Crippen molar-refractivity contribution in [3.8, 4) is 11.1 Å². The molecule has 0 radical (unpaired) electrons. The van der Waals surface area contributed by atoms with E-state index in [9.17, 15) is 9.59 Å². The Morgan fingerprint density at radius 2 is 1.91 bits per heavy atom. The summed E-state index contributed by atoms with van der Waals surface area (Å²) in [6.07, 6.45) is 4.71. The topological polar surface area (TPSA) is 74.8 Å². The summed E-state index contributed by atoms with van der Waals surface area (Å²) in [6.45, 7) is 0. The first-order chi connectivity index (χ1) is 15.6. The number of nitrogens with one attached hydrogen (secondary N) is 2. The monoisotopic (exact) mass is 525 g/mol. The number of H-pyrrole nitrogens is 1. The van der Waals surface area contributed by atoms with Gasteiger partial charge < -0.3 is 10.3 Å². The minimum atomic E-state index is -0.167. The zero-order valence-electron chi connectivity index (χ0n) is 17.1. The third kappa shape index (κ3) is 4.53. The Balaban J connectivity index is 1.34. The van der Waals surface area contributed by atoms with E-state index in [1.807, 2.05) is 29.6 Å². The van der Waals surface area contributed by atoms with Gasteiger partial charge in [0, 0.05) is 21.1 Å². The van der Waals surface area contributed by atoms with Crippen LogP contribution in [0.5, 0.6) is 0 Å². The SMILES string of the molecule is O=C(CSc1nc2scc(-c3ccc4c(c3)CCCC4)c2c(=O)[nH]1)Nc1ccc(Br)cc1. The van der Waals surface area contributed by atoms with Crippen molar-refractivity contribution >= 4 is 60.8 Å². The Bertz CT molecular complexity index is 1360. The molecular weight excluding hydrogens is 506 g/mol. The van der Waals surface area contributed by atoms with Gasteiger partial charge >= 0.3 is 0 Å². The average molecular weight is 526 g/mol. The zero-order chi connectivity index (χ0) is 22.1. The summed E-state index contributed by atoms with van der Waals surface area (Å²) in [4.78, 5) is 33.3. The Labute approximate surface area is 201 Å². The molecule has 2 aromatic carbocycles. The van der Waals surface area contributed by atoms with E-state index in [1.54, 1.807) is 0 Å². The molecule has 4 aromatic rings. The van der Waals surface area contributed by atoms with Crippen LogP contribution in [0.15, 0.2) is 62.3 Å². The maximum absolute atomic E-state index is 12.9. The summed E-state index contributed by atoms with van der Waals surface area (Å²) in [5, 5.41) is 5.92. The smallest absolute Gasteiger partial charge is 0.260 e. The number of hydrogen-bond acceptors (Lipinski definition) is 5. The number of aryl methyl sites for hydroxylation is 2. The number of hydrogen-bond donors (Lipinski definition) is 2. The zero-order valence-corrected chi connectivity index (χ0v) is 20.3.